The summed E-state index contributed by atoms with van der Waals surface area (Å²) in [7, 11) is -5.03. The molecule has 0 aromatic rings. The van der Waals surface area contributed by atoms with Gasteiger partial charge in [-0.2, -0.15) is 0 Å². The third-order valence-electron chi connectivity index (χ3n) is 9.62. The van der Waals surface area contributed by atoms with Crippen LogP contribution in [-0.4, -0.2) is 98.9 Å². The Balaban J connectivity index is 2.46. The van der Waals surface area contributed by atoms with Gasteiger partial charge < -0.3 is 39.9 Å². The number of carbonyl (C=O) groups is 1. The summed E-state index contributed by atoms with van der Waals surface area (Å²) >= 11 is 0. The van der Waals surface area contributed by atoms with E-state index in [1.165, 1.54) is 32.1 Å². The maximum absolute atomic E-state index is 12.8. The fourth-order valence-electron chi connectivity index (χ4n) is 6.16. The molecule has 12 nitrogen and oxygen atoms in total. The number of phosphoric ester groups is 1. The van der Waals surface area contributed by atoms with Gasteiger partial charge in [0.1, 0.15) is 42.7 Å². The van der Waals surface area contributed by atoms with Crippen LogP contribution in [0.15, 0.2) is 60.8 Å². The van der Waals surface area contributed by atoms with E-state index in [1.54, 1.807) is 0 Å². The van der Waals surface area contributed by atoms with Crippen molar-refractivity contribution in [3.05, 3.63) is 60.8 Å². The smallest absolute Gasteiger partial charge is 0.457 e. The predicted octanol–water partition coefficient (Wildman–Crippen LogP) is 8.25. The third kappa shape index (κ3) is 27.4. The molecule has 13 heteroatoms. The third-order valence-corrected chi connectivity index (χ3v) is 10.6. The first-order chi connectivity index (χ1) is 27.5. The van der Waals surface area contributed by atoms with Crippen LogP contribution in [0.25, 0.3) is 0 Å². The van der Waals surface area contributed by atoms with Crippen molar-refractivity contribution in [1.82, 2.24) is 0 Å². The van der Waals surface area contributed by atoms with E-state index < -0.39 is 63.1 Å². The Morgan fingerprint density at radius 2 is 1.04 bits per heavy atom. The number of carbonyl (C=O) groups excluding carboxylic acids is 1. The van der Waals surface area contributed by atoms with Crippen LogP contribution in [0.1, 0.15) is 149 Å². The molecule has 1 fully saturated rings. The molecule has 6 N–H and O–H groups in total. The van der Waals surface area contributed by atoms with Crippen molar-refractivity contribution in [2.75, 3.05) is 19.8 Å². The van der Waals surface area contributed by atoms with Gasteiger partial charge in [0.2, 0.25) is 0 Å². The van der Waals surface area contributed by atoms with Crippen LogP contribution in [0.5, 0.6) is 0 Å². The van der Waals surface area contributed by atoms with E-state index in [2.05, 4.69) is 74.6 Å². The molecule has 0 aromatic carbocycles. The summed E-state index contributed by atoms with van der Waals surface area (Å²) in [6, 6.07) is 0. The molecule has 0 bridgehead atoms. The Labute approximate surface area is 343 Å². The van der Waals surface area contributed by atoms with Gasteiger partial charge in [-0.05, 0) is 77.0 Å². The zero-order chi connectivity index (χ0) is 42.0. The van der Waals surface area contributed by atoms with Gasteiger partial charge in [-0.3, -0.25) is 13.8 Å². The average molecular weight is 829 g/mol. The molecule has 1 aliphatic rings. The molecule has 0 heterocycles. The summed E-state index contributed by atoms with van der Waals surface area (Å²) in [5.41, 5.74) is 0. The van der Waals surface area contributed by atoms with Crippen molar-refractivity contribution in [1.29, 1.82) is 0 Å². The topological polar surface area (TPSA) is 192 Å². The van der Waals surface area contributed by atoms with Crippen molar-refractivity contribution in [2.24, 2.45) is 0 Å². The molecular formula is C44H77O12P. The molecular weight excluding hydrogens is 751 g/mol. The second kappa shape index (κ2) is 34.9. The van der Waals surface area contributed by atoms with Crippen molar-refractivity contribution < 1.29 is 58.3 Å². The number of hydrogen-bond acceptors (Lipinski definition) is 11. The number of unbranched alkanes of at least 4 members (excludes halogenated alkanes) is 13. The lowest BCUT2D eigenvalue weighted by atomic mass is 9.85. The number of allylic oxidation sites excluding steroid dienone is 10. The summed E-state index contributed by atoms with van der Waals surface area (Å²) < 4.78 is 34.1. The maximum atomic E-state index is 12.8. The number of esters is 1. The van der Waals surface area contributed by atoms with Crippen molar-refractivity contribution in [3.63, 3.8) is 0 Å². The second-order valence-corrected chi connectivity index (χ2v) is 16.2. The molecule has 0 aliphatic heterocycles. The lowest BCUT2D eigenvalue weighted by molar-refractivity contribution is -0.220. The van der Waals surface area contributed by atoms with Crippen molar-refractivity contribution in [2.45, 2.75) is 191 Å². The van der Waals surface area contributed by atoms with Crippen LogP contribution in [-0.2, 0) is 27.9 Å². The summed E-state index contributed by atoms with van der Waals surface area (Å²) in [6.07, 6.45) is 30.0. The minimum Gasteiger partial charge on any atom is -0.457 e. The molecule has 0 amide bonds. The lowest BCUT2D eigenvalue weighted by Crippen LogP contribution is -2.64. The molecule has 1 saturated carbocycles. The number of aliphatic hydroxyl groups excluding tert-OH is 5. The van der Waals surface area contributed by atoms with Crippen LogP contribution in [0, 0.1) is 0 Å². The van der Waals surface area contributed by atoms with Gasteiger partial charge in [-0.25, -0.2) is 4.57 Å². The minimum absolute atomic E-state index is 0.0938. The normalized spacial score (nSPS) is 23.4. The van der Waals surface area contributed by atoms with Crippen LogP contribution in [0.3, 0.4) is 0 Å². The lowest BCUT2D eigenvalue weighted by Gasteiger charge is -2.41. The molecule has 330 valence electrons. The van der Waals surface area contributed by atoms with E-state index in [-0.39, 0.29) is 13.0 Å². The quantitative estimate of drug-likeness (QED) is 0.0155. The average Bonchev–Trinajstić information content (AvgIpc) is 3.19. The summed E-state index contributed by atoms with van der Waals surface area (Å²) in [6.45, 7) is 4.06. The van der Waals surface area contributed by atoms with Gasteiger partial charge in [0.25, 0.3) is 0 Å². The highest BCUT2D eigenvalue weighted by Crippen LogP contribution is 2.47. The van der Waals surface area contributed by atoms with Gasteiger partial charge >= 0.3 is 13.8 Å². The Morgan fingerprint density at radius 1 is 0.579 bits per heavy atom. The van der Waals surface area contributed by atoms with Crippen LogP contribution in [0.4, 0.5) is 0 Å². The monoisotopic (exact) mass is 829 g/mol. The number of aliphatic hydroxyl groups is 5. The van der Waals surface area contributed by atoms with Gasteiger partial charge in [-0.15, -0.1) is 0 Å². The first kappa shape index (κ1) is 53.1. The van der Waals surface area contributed by atoms with Crippen molar-refractivity contribution in [3.8, 4) is 0 Å². The van der Waals surface area contributed by atoms with Crippen LogP contribution in [0.2, 0.25) is 0 Å². The molecule has 57 heavy (non-hydrogen) atoms. The van der Waals surface area contributed by atoms with Gasteiger partial charge in [-0.1, -0.05) is 126 Å². The zero-order valence-corrected chi connectivity index (χ0v) is 35.8. The molecule has 0 aromatic heterocycles. The van der Waals surface area contributed by atoms with Gasteiger partial charge in [0.15, 0.2) is 0 Å². The maximum Gasteiger partial charge on any atom is 0.472 e. The second-order valence-electron chi connectivity index (χ2n) is 14.8. The summed E-state index contributed by atoms with van der Waals surface area (Å²) in [5.74, 6) is -0.506. The fraction of sp³-hybridized carbons (Fsp3) is 0.750. The fourth-order valence-corrected chi connectivity index (χ4v) is 7.14. The van der Waals surface area contributed by atoms with E-state index in [1.807, 2.05) is 0 Å². The van der Waals surface area contributed by atoms with E-state index in [0.29, 0.717) is 13.0 Å². The molecule has 0 spiro atoms. The van der Waals surface area contributed by atoms with E-state index in [4.69, 9.17) is 18.5 Å². The summed E-state index contributed by atoms with van der Waals surface area (Å²) in [4.78, 5) is 23.1. The molecule has 0 radical (unpaired) electrons. The Morgan fingerprint density at radius 3 is 1.60 bits per heavy atom. The van der Waals surface area contributed by atoms with Gasteiger partial charge in [0.05, 0.1) is 13.2 Å². The molecule has 0 saturated heterocycles. The molecule has 1 aliphatic carbocycles. The number of phosphoric acid groups is 1. The highest BCUT2D eigenvalue weighted by molar-refractivity contribution is 7.47. The first-order valence-corrected chi connectivity index (χ1v) is 23.1. The predicted molar refractivity (Wildman–Crippen MR) is 225 cm³/mol. The van der Waals surface area contributed by atoms with Crippen LogP contribution >= 0.6 is 7.82 Å². The zero-order valence-electron chi connectivity index (χ0n) is 34.9. The highest BCUT2D eigenvalue weighted by atomic mass is 31.2. The van der Waals surface area contributed by atoms with Gasteiger partial charge in [0, 0.05) is 13.0 Å². The standard InChI is InChI=1S/C44H77O12P/c1-3-5-7-9-11-13-15-17-18-19-20-21-23-25-27-29-31-33-38(45)55-37(35-53-34-32-30-28-26-24-22-16-14-12-10-8-6-4-2)36-54-57(51,52)56-44-42(49)40(47)39(46)41(48)43(44)50/h5,7,11-14,17-18,20-21,37,39-44,46-50H,3-4,6,8-10,15-16,19,22-36H2,1-2H3,(H,51,52)/b7-5-,13-11-,14-12-,18-17-,21-20-. The van der Waals surface area contributed by atoms with Crippen molar-refractivity contribution >= 4 is 13.8 Å². The molecule has 1 rings (SSSR count). The molecule has 6 atom stereocenters. The SMILES string of the molecule is CC/C=C\C/C=C\C/C=C\C/C=C\CCCCCCC(=O)OC(COCCCCCCCC/C=C\CCCCC)COP(=O)(O)OC1C(O)C(O)C(O)C(O)C1O. The molecule has 6 unspecified atom stereocenters. The largest absolute Gasteiger partial charge is 0.472 e. The van der Waals surface area contributed by atoms with E-state index in [9.17, 15) is 39.8 Å². The van der Waals surface area contributed by atoms with E-state index >= 15 is 0 Å². The Bertz CT molecular complexity index is 1170. The highest BCUT2D eigenvalue weighted by Gasteiger charge is 2.51. The Kier molecular flexibility index (Phi) is 32.4. The summed E-state index contributed by atoms with van der Waals surface area (Å²) in [5, 5.41) is 50.1. The first-order valence-electron chi connectivity index (χ1n) is 21.6. The Hall–Kier alpha value is -1.96. The van der Waals surface area contributed by atoms with Crippen LogP contribution < -0.4 is 0 Å². The number of ether oxygens (including phenoxy) is 2. The minimum atomic E-state index is -5.03. The van der Waals surface area contributed by atoms with E-state index in [0.717, 1.165) is 89.9 Å². The number of rotatable bonds is 35. The number of hydrogen-bond donors (Lipinski definition) is 6.